The summed E-state index contributed by atoms with van der Waals surface area (Å²) in [7, 11) is 0. The van der Waals surface area contributed by atoms with Crippen molar-refractivity contribution in [1.29, 1.82) is 0 Å². The summed E-state index contributed by atoms with van der Waals surface area (Å²) in [6, 6.07) is 12.7. The molecule has 0 radical (unpaired) electrons. The maximum atomic E-state index is 11.8. The minimum absolute atomic E-state index is 0.0635. The number of nitrogens with one attached hydrogen (secondary N) is 1. The fourth-order valence-corrected chi connectivity index (χ4v) is 3.21. The van der Waals surface area contributed by atoms with E-state index in [0.29, 0.717) is 14.7 Å². The molecule has 4 nitrogen and oxygen atoms in total. The van der Waals surface area contributed by atoms with Gasteiger partial charge in [-0.1, -0.05) is 18.2 Å². The van der Waals surface area contributed by atoms with Gasteiger partial charge in [-0.2, -0.15) is 0 Å². The number of aliphatic hydroxyl groups excluding tert-OH is 1. The zero-order chi connectivity index (χ0) is 15.2. The first kappa shape index (κ1) is 16.0. The van der Waals surface area contributed by atoms with Gasteiger partial charge in [0.15, 0.2) is 6.61 Å². The quantitative estimate of drug-likeness (QED) is 0.783. The number of amides is 1. The number of carbonyl (C=O) groups excluding carboxylic acids is 1. The summed E-state index contributed by atoms with van der Waals surface area (Å²) >= 11 is 6.72. The predicted molar refractivity (Wildman–Crippen MR) is 88.3 cm³/mol. The summed E-state index contributed by atoms with van der Waals surface area (Å²) in [4.78, 5) is 11.8. The van der Waals surface area contributed by atoms with Crippen molar-refractivity contribution in [3.63, 3.8) is 0 Å². The average Bonchev–Trinajstić information content (AvgIpc) is 2.47. The normalized spacial score (nSPS) is 10.2. The van der Waals surface area contributed by atoms with Crippen molar-refractivity contribution in [1.82, 2.24) is 0 Å². The van der Waals surface area contributed by atoms with Crippen LogP contribution in [0.2, 0.25) is 0 Å². The second kappa shape index (κ2) is 7.59. The van der Waals surface area contributed by atoms with E-state index in [9.17, 15) is 4.79 Å². The molecule has 0 unspecified atom stereocenters. The molecule has 2 rings (SSSR count). The highest BCUT2D eigenvalue weighted by molar-refractivity contribution is 9.11. The smallest absolute Gasteiger partial charge is 0.262 e. The first-order valence-electron chi connectivity index (χ1n) is 6.16. The monoisotopic (exact) mass is 413 g/mol. The number of benzene rings is 2. The Hall–Kier alpha value is -1.37. The van der Waals surface area contributed by atoms with Crippen molar-refractivity contribution in [2.24, 2.45) is 0 Å². The van der Waals surface area contributed by atoms with Crippen LogP contribution in [0.1, 0.15) is 5.56 Å². The number of anilines is 1. The minimum Gasteiger partial charge on any atom is -0.481 e. The van der Waals surface area contributed by atoms with E-state index in [1.54, 1.807) is 24.3 Å². The van der Waals surface area contributed by atoms with E-state index in [1.165, 1.54) is 0 Å². The zero-order valence-corrected chi connectivity index (χ0v) is 14.1. The van der Waals surface area contributed by atoms with E-state index < -0.39 is 0 Å². The summed E-state index contributed by atoms with van der Waals surface area (Å²) in [6.45, 7) is -0.170. The molecule has 0 saturated heterocycles. The molecule has 0 atom stereocenters. The molecule has 0 aliphatic heterocycles. The molecular weight excluding hydrogens is 402 g/mol. The van der Waals surface area contributed by atoms with E-state index in [4.69, 9.17) is 9.84 Å². The van der Waals surface area contributed by atoms with Gasteiger partial charge in [0.1, 0.15) is 5.75 Å². The summed E-state index contributed by atoms with van der Waals surface area (Å²) in [5.41, 5.74) is 1.47. The fraction of sp³-hybridized carbons (Fsp3) is 0.133. The maximum Gasteiger partial charge on any atom is 0.262 e. The molecule has 0 aliphatic carbocycles. The van der Waals surface area contributed by atoms with Crippen molar-refractivity contribution >= 4 is 43.5 Å². The van der Waals surface area contributed by atoms with Gasteiger partial charge in [0.25, 0.3) is 5.91 Å². The molecule has 2 aromatic carbocycles. The Balaban J connectivity index is 1.98. The van der Waals surface area contributed by atoms with Crippen molar-refractivity contribution in [3.8, 4) is 5.75 Å². The third-order valence-electron chi connectivity index (χ3n) is 2.65. The standard InChI is InChI=1S/C15H13Br2NO3/c16-12-6-10(8-19)7-13(17)15(12)21-9-14(20)18-11-4-2-1-3-5-11/h1-7,19H,8-9H2,(H,18,20). The van der Waals surface area contributed by atoms with Crippen molar-refractivity contribution in [3.05, 3.63) is 57.0 Å². The Morgan fingerprint density at radius 1 is 1.14 bits per heavy atom. The maximum absolute atomic E-state index is 11.8. The zero-order valence-electron chi connectivity index (χ0n) is 11.0. The first-order chi connectivity index (χ1) is 10.1. The number of hydrogen-bond donors (Lipinski definition) is 2. The number of carbonyl (C=O) groups is 1. The molecule has 0 spiro atoms. The molecule has 2 aromatic rings. The summed E-state index contributed by atoms with van der Waals surface area (Å²) < 4.78 is 6.86. The van der Waals surface area contributed by atoms with Gasteiger partial charge in [0, 0.05) is 5.69 Å². The number of hydrogen-bond acceptors (Lipinski definition) is 3. The molecule has 2 N–H and O–H groups in total. The summed E-state index contributed by atoms with van der Waals surface area (Å²) in [5, 5.41) is 11.9. The van der Waals surface area contributed by atoms with E-state index in [2.05, 4.69) is 37.2 Å². The van der Waals surface area contributed by atoms with E-state index >= 15 is 0 Å². The Morgan fingerprint density at radius 3 is 2.33 bits per heavy atom. The van der Waals surface area contributed by atoms with Crippen LogP contribution < -0.4 is 10.1 Å². The SMILES string of the molecule is O=C(COc1c(Br)cc(CO)cc1Br)Nc1ccccc1. The van der Waals surface area contributed by atoms with Gasteiger partial charge in [-0.25, -0.2) is 0 Å². The Bertz CT molecular complexity index is 609. The Morgan fingerprint density at radius 2 is 1.76 bits per heavy atom. The van der Waals surface area contributed by atoms with E-state index in [-0.39, 0.29) is 19.1 Å². The van der Waals surface area contributed by atoms with Gasteiger partial charge >= 0.3 is 0 Å². The van der Waals surface area contributed by atoms with Gasteiger partial charge in [-0.3, -0.25) is 4.79 Å². The summed E-state index contributed by atoms with van der Waals surface area (Å²) in [6.07, 6.45) is 0. The lowest BCUT2D eigenvalue weighted by molar-refractivity contribution is -0.118. The van der Waals surface area contributed by atoms with E-state index in [1.807, 2.05) is 18.2 Å². The molecule has 0 fully saturated rings. The molecule has 0 aromatic heterocycles. The number of halogens is 2. The van der Waals surface area contributed by atoms with Crippen molar-refractivity contribution in [2.75, 3.05) is 11.9 Å². The lowest BCUT2D eigenvalue weighted by atomic mass is 10.2. The van der Waals surface area contributed by atoms with Gasteiger partial charge in [-0.15, -0.1) is 0 Å². The van der Waals surface area contributed by atoms with Gasteiger partial charge in [0.05, 0.1) is 15.6 Å². The van der Waals surface area contributed by atoms with Crippen LogP contribution >= 0.6 is 31.9 Å². The predicted octanol–water partition coefficient (Wildman–Crippen LogP) is 3.72. The highest BCUT2D eigenvalue weighted by Crippen LogP contribution is 2.34. The van der Waals surface area contributed by atoms with Crippen LogP contribution in [0, 0.1) is 0 Å². The van der Waals surface area contributed by atoms with Crippen LogP contribution in [0.3, 0.4) is 0 Å². The molecule has 0 saturated carbocycles. The van der Waals surface area contributed by atoms with Crippen LogP contribution in [0.5, 0.6) is 5.75 Å². The van der Waals surface area contributed by atoms with Crippen molar-refractivity contribution < 1.29 is 14.6 Å². The highest BCUT2D eigenvalue weighted by atomic mass is 79.9. The summed E-state index contributed by atoms with van der Waals surface area (Å²) in [5.74, 6) is 0.279. The molecular formula is C15H13Br2NO3. The number of para-hydroxylation sites is 1. The van der Waals surface area contributed by atoms with Gasteiger partial charge in [0.2, 0.25) is 0 Å². The van der Waals surface area contributed by atoms with Crippen LogP contribution in [0.15, 0.2) is 51.4 Å². The van der Waals surface area contributed by atoms with Crippen LogP contribution in [0.25, 0.3) is 0 Å². The molecule has 6 heteroatoms. The lowest BCUT2D eigenvalue weighted by Crippen LogP contribution is -2.20. The van der Waals surface area contributed by atoms with E-state index in [0.717, 1.165) is 11.3 Å². The third kappa shape index (κ3) is 4.56. The number of aliphatic hydroxyl groups is 1. The molecule has 110 valence electrons. The van der Waals surface area contributed by atoms with Crippen molar-refractivity contribution in [2.45, 2.75) is 6.61 Å². The minimum atomic E-state index is -0.244. The Kier molecular flexibility index (Phi) is 5.78. The lowest BCUT2D eigenvalue weighted by Gasteiger charge is -2.12. The molecule has 0 bridgehead atoms. The molecule has 21 heavy (non-hydrogen) atoms. The second-order valence-corrected chi connectivity index (χ2v) is 5.96. The molecule has 0 heterocycles. The second-order valence-electron chi connectivity index (χ2n) is 4.25. The first-order valence-corrected chi connectivity index (χ1v) is 7.75. The fourth-order valence-electron chi connectivity index (χ4n) is 1.70. The van der Waals surface area contributed by atoms with Gasteiger partial charge < -0.3 is 15.2 Å². The highest BCUT2D eigenvalue weighted by Gasteiger charge is 2.11. The van der Waals surface area contributed by atoms with Crippen LogP contribution in [-0.2, 0) is 11.4 Å². The number of ether oxygens (including phenoxy) is 1. The Labute approximate surface area is 139 Å². The number of rotatable bonds is 5. The molecule has 1 amide bonds. The van der Waals surface area contributed by atoms with Crippen LogP contribution in [-0.4, -0.2) is 17.6 Å². The third-order valence-corrected chi connectivity index (χ3v) is 3.82. The van der Waals surface area contributed by atoms with Crippen LogP contribution in [0.4, 0.5) is 5.69 Å². The topological polar surface area (TPSA) is 58.6 Å². The molecule has 0 aliphatic rings. The average molecular weight is 415 g/mol. The largest absolute Gasteiger partial charge is 0.481 e. The van der Waals surface area contributed by atoms with Gasteiger partial charge in [-0.05, 0) is 61.7 Å².